The van der Waals surface area contributed by atoms with Crippen LogP contribution >= 0.6 is 0 Å². The van der Waals surface area contributed by atoms with Gasteiger partial charge in [-0.2, -0.15) is 0 Å². The van der Waals surface area contributed by atoms with Gasteiger partial charge in [-0.15, -0.1) is 0 Å². The Balaban J connectivity index is 2.26. The average molecular weight is 265 g/mol. The van der Waals surface area contributed by atoms with E-state index in [1.807, 2.05) is 0 Å². The number of anilines is 3. The van der Waals surface area contributed by atoms with Crippen molar-refractivity contribution in [3.05, 3.63) is 42.0 Å². The van der Waals surface area contributed by atoms with Crippen molar-refractivity contribution in [2.45, 2.75) is 0 Å². The number of hydrogen-bond donors (Lipinski definition) is 2. The Morgan fingerprint density at radius 1 is 1.05 bits per heavy atom. The Kier molecular flexibility index (Phi) is 3.79. The number of nitrogens with one attached hydrogen (secondary N) is 2. The monoisotopic (exact) mass is 265 g/mol. The second-order valence-electron chi connectivity index (χ2n) is 3.75. The second-order valence-corrected chi connectivity index (χ2v) is 3.75. The van der Waals surface area contributed by atoms with Crippen molar-refractivity contribution in [3.8, 4) is 5.75 Å². The van der Waals surface area contributed by atoms with Gasteiger partial charge in [0.1, 0.15) is 5.75 Å². The summed E-state index contributed by atoms with van der Waals surface area (Å²) in [5.41, 5.74) is 0.626. The van der Waals surface area contributed by atoms with Crippen molar-refractivity contribution in [1.82, 2.24) is 4.98 Å². The van der Waals surface area contributed by atoms with Gasteiger partial charge >= 0.3 is 0 Å². The smallest absolute Gasteiger partial charge is 0.169 e. The fourth-order valence-electron chi connectivity index (χ4n) is 1.54. The van der Waals surface area contributed by atoms with Crippen LogP contribution in [0.5, 0.6) is 5.75 Å². The molecule has 0 saturated heterocycles. The van der Waals surface area contributed by atoms with Crippen LogP contribution in [0, 0.1) is 11.6 Å². The van der Waals surface area contributed by atoms with Crippen LogP contribution in [0.2, 0.25) is 0 Å². The van der Waals surface area contributed by atoms with E-state index in [0.29, 0.717) is 11.4 Å². The zero-order chi connectivity index (χ0) is 13.8. The molecule has 0 aliphatic rings. The average Bonchev–Trinajstić information content (AvgIpc) is 2.42. The summed E-state index contributed by atoms with van der Waals surface area (Å²) < 4.78 is 31.9. The fraction of sp³-hybridized carbons (Fsp3) is 0.154. The summed E-state index contributed by atoms with van der Waals surface area (Å²) in [5, 5.41) is 5.33. The maximum Gasteiger partial charge on any atom is 0.169 e. The molecule has 1 aromatic heterocycles. The molecule has 0 atom stereocenters. The Morgan fingerprint density at radius 3 is 2.26 bits per heavy atom. The third-order valence-corrected chi connectivity index (χ3v) is 2.52. The first kappa shape index (κ1) is 13.1. The number of aromatic nitrogens is 1. The van der Waals surface area contributed by atoms with Crippen LogP contribution in [0.4, 0.5) is 26.1 Å². The molecule has 0 aliphatic carbocycles. The van der Waals surface area contributed by atoms with Gasteiger partial charge in [0.25, 0.3) is 0 Å². The third-order valence-electron chi connectivity index (χ3n) is 2.52. The number of halogens is 2. The number of ether oxygens (including phenoxy) is 1. The molecular formula is C13H13F2N3O. The molecule has 0 radical (unpaired) electrons. The number of rotatable bonds is 4. The van der Waals surface area contributed by atoms with Crippen molar-refractivity contribution < 1.29 is 13.5 Å². The van der Waals surface area contributed by atoms with Gasteiger partial charge < -0.3 is 15.4 Å². The van der Waals surface area contributed by atoms with Crippen molar-refractivity contribution >= 4 is 17.3 Å². The highest BCUT2D eigenvalue weighted by molar-refractivity contribution is 5.59. The number of nitrogens with zero attached hydrogens (tertiary/aromatic N) is 1. The third kappa shape index (κ3) is 2.90. The molecular weight excluding hydrogens is 252 g/mol. The summed E-state index contributed by atoms with van der Waals surface area (Å²) in [5.74, 6) is -0.866. The predicted molar refractivity (Wildman–Crippen MR) is 70.0 cm³/mol. The highest BCUT2D eigenvalue weighted by atomic mass is 19.1. The minimum absolute atomic E-state index is 0.0163. The molecule has 2 N–H and O–H groups in total. The number of methoxy groups -OCH3 is 1. The molecule has 2 rings (SSSR count). The summed E-state index contributed by atoms with van der Waals surface area (Å²) in [7, 11) is 3.07. The second kappa shape index (κ2) is 5.51. The summed E-state index contributed by atoms with van der Waals surface area (Å²) in [6, 6.07) is 7.65. The van der Waals surface area contributed by atoms with Gasteiger partial charge in [-0.3, -0.25) is 0 Å². The highest BCUT2D eigenvalue weighted by Crippen LogP contribution is 2.23. The summed E-state index contributed by atoms with van der Waals surface area (Å²) >= 11 is 0. The zero-order valence-electron chi connectivity index (χ0n) is 10.5. The zero-order valence-corrected chi connectivity index (χ0v) is 10.5. The van der Waals surface area contributed by atoms with Crippen molar-refractivity contribution in [2.24, 2.45) is 0 Å². The van der Waals surface area contributed by atoms with Crippen LogP contribution in [0.1, 0.15) is 0 Å². The molecule has 1 heterocycles. The molecule has 6 heteroatoms. The molecule has 0 saturated carbocycles. The Hall–Kier alpha value is -2.37. The van der Waals surface area contributed by atoms with Gasteiger partial charge in [0, 0.05) is 18.8 Å². The molecule has 0 fully saturated rings. The first-order valence-electron chi connectivity index (χ1n) is 5.59. The molecule has 4 nitrogen and oxygen atoms in total. The van der Waals surface area contributed by atoms with E-state index >= 15 is 0 Å². The lowest BCUT2D eigenvalue weighted by Gasteiger charge is -2.10. The van der Waals surface area contributed by atoms with E-state index < -0.39 is 11.6 Å². The van der Waals surface area contributed by atoms with Gasteiger partial charge in [-0.1, -0.05) is 0 Å². The van der Waals surface area contributed by atoms with Gasteiger partial charge in [-0.05, 0) is 24.3 Å². The fourth-order valence-corrected chi connectivity index (χ4v) is 1.54. The van der Waals surface area contributed by atoms with Gasteiger partial charge in [-0.25, -0.2) is 13.8 Å². The van der Waals surface area contributed by atoms with Crippen LogP contribution in [0.15, 0.2) is 30.3 Å². The van der Waals surface area contributed by atoms with Crippen LogP contribution in [-0.4, -0.2) is 19.1 Å². The minimum atomic E-state index is -0.757. The lowest BCUT2D eigenvalue weighted by molar-refractivity contribution is 0.415. The molecule has 0 amide bonds. The molecule has 0 spiro atoms. The largest absolute Gasteiger partial charge is 0.497 e. The molecule has 0 unspecified atom stereocenters. The van der Waals surface area contributed by atoms with Gasteiger partial charge in [0.15, 0.2) is 23.3 Å². The van der Waals surface area contributed by atoms with E-state index in [0.717, 1.165) is 6.07 Å². The number of pyridine rings is 1. The Bertz CT molecular complexity index is 573. The molecule has 1 aromatic carbocycles. The first-order chi connectivity index (χ1) is 9.13. The van der Waals surface area contributed by atoms with E-state index in [1.165, 1.54) is 7.05 Å². The number of hydrogen-bond acceptors (Lipinski definition) is 4. The van der Waals surface area contributed by atoms with Crippen LogP contribution < -0.4 is 15.4 Å². The van der Waals surface area contributed by atoms with Crippen LogP contribution in [0.3, 0.4) is 0 Å². The molecule has 0 bridgehead atoms. The maximum absolute atomic E-state index is 13.6. The van der Waals surface area contributed by atoms with E-state index in [9.17, 15) is 8.78 Å². The summed E-state index contributed by atoms with van der Waals surface area (Å²) in [4.78, 5) is 3.82. The maximum atomic E-state index is 13.6. The predicted octanol–water partition coefficient (Wildman–Crippen LogP) is 3.15. The van der Waals surface area contributed by atoms with Crippen molar-refractivity contribution in [2.75, 3.05) is 24.8 Å². The van der Waals surface area contributed by atoms with Crippen LogP contribution in [-0.2, 0) is 0 Å². The summed E-state index contributed by atoms with van der Waals surface area (Å²) in [6.45, 7) is 0. The molecule has 19 heavy (non-hydrogen) atoms. The topological polar surface area (TPSA) is 46.2 Å². The molecule has 0 aliphatic heterocycles. The SMILES string of the molecule is CNc1nc(Nc2ccc(OC)cc2)c(F)cc1F. The van der Waals surface area contributed by atoms with Crippen molar-refractivity contribution in [3.63, 3.8) is 0 Å². The summed E-state index contributed by atoms with van der Waals surface area (Å²) in [6.07, 6.45) is 0. The molecule has 2 aromatic rings. The Labute approximate surface area is 109 Å². The quantitative estimate of drug-likeness (QED) is 0.891. The van der Waals surface area contributed by atoms with Crippen LogP contribution in [0.25, 0.3) is 0 Å². The lowest BCUT2D eigenvalue weighted by atomic mass is 10.3. The highest BCUT2D eigenvalue weighted by Gasteiger charge is 2.11. The van der Waals surface area contributed by atoms with E-state index in [4.69, 9.17) is 4.74 Å². The Morgan fingerprint density at radius 2 is 1.68 bits per heavy atom. The van der Waals surface area contributed by atoms with E-state index in [-0.39, 0.29) is 11.6 Å². The van der Waals surface area contributed by atoms with Crippen molar-refractivity contribution in [1.29, 1.82) is 0 Å². The number of benzene rings is 1. The molecule has 100 valence electrons. The lowest BCUT2D eigenvalue weighted by Crippen LogP contribution is -2.03. The van der Waals surface area contributed by atoms with E-state index in [1.54, 1.807) is 31.4 Å². The first-order valence-corrected chi connectivity index (χ1v) is 5.59. The minimum Gasteiger partial charge on any atom is -0.497 e. The van der Waals surface area contributed by atoms with Gasteiger partial charge in [0.2, 0.25) is 0 Å². The van der Waals surface area contributed by atoms with E-state index in [2.05, 4.69) is 15.6 Å². The standard InChI is InChI=1S/C13H13F2N3O/c1-16-12-10(14)7-11(15)13(18-12)17-8-3-5-9(19-2)6-4-8/h3-7H,1-2H3,(H2,16,17,18). The van der Waals surface area contributed by atoms with Gasteiger partial charge in [0.05, 0.1) is 7.11 Å². The normalized spacial score (nSPS) is 10.1.